The monoisotopic (exact) mass is 482 g/mol. The van der Waals surface area contributed by atoms with Crippen molar-refractivity contribution in [2.45, 2.75) is 24.2 Å². The smallest absolute Gasteiger partial charge is 0.141 e. The summed E-state index contributed by atoms with van der Waals surface area (Å²) < 4.78 is 8.01. The van der Waals surface area contributed by atoms with Gasteiger partial charge in [-0.05, 0) is 22.6 Å². The third-order valence-corrected chi connectivity index (χ3v) is 5.57. The largest absolute Gasteiger partial charge is 0.489 e. The minimum absolute atomic E-state index is 0.0643. The number of Topliss-reactive ketones (excluding diaryl/α,β-unsaturated/α-hetero) is 1. The van der Waals surface area contributed by atoms with E-state index in [9.17, 15) is 4.79 Å². The van der Waals surface area contributed by atoms with Crippen molar-refractivity contribution in [3.8, 4) is 5.75 Å². The third-order valence-electron chi connectivity index (χ3n) is 3.38. The third kappa shape index (κ3) is 3.15. The summed E-state index contributed by atoms with van der Waals surface area (Å²) in [6.07, 6.45) is 0.569. The molecule has 0 amide bonds. The van der Waals surface area contributed by atoms with Crippen LogP contribution in [-0.4, -0.2) is 12.4 Å². The molecule has 1 aliphatic heterocycles. The van der Waals surface area contributed by atoms with Gasteiger partial charge >= 0.3 is 0 Å². The van der Waals surface area contributed by atoms with Gasteiger partial charge in [-0.2, -0.15) is 0 Å². The van der Waals surface area contributed by atoms with Crippen LogP contribution in [0.5, 0.6) is 5.75 Å². The van der Waals surface area contributed by atoms with Crippen LogP contribution in [0.1, 0.15) is 28.4 Å². The van der Waals surface area contributed by atoms with Gasteiger partial charge in [-0.1, -0.05) is 69.8 Å². The molecule has 2 unspecified atom stereocenters. The van der Waals surface area contributed by atoms with Crippen molar-refractivity contribution in [2.75, 3.05) is 6.61 Å². The first-order chi connectivity index (χ1) is 9.08. The van der Waals surface area contributed by atoms with Gasteiger partial charge in [-0.15, -0.1) is 0 Å². The van der Waals surface area contributed by atoms with Crippen LogP contribution >= 0.6 is 45.2 Å². The lowest BCUT2D eigenvalue weighted by Crippen LogP contribution is -2.21. The second-order valence-electron chi connectivity index (χ2n) is 4.71. The summed E-state index contributed by atoms with van der Waals surface area (Å²) >= 11 is 4.59. The first kappa shape index (κ1) is 15.3. The lowest BCUT2D eigenvalue weighted by atomic mass is 9.88. The molecular weight excluding hydrogens is 466 g/mol. The Morgan fingerprint density at radius 1 is 1.53 bits per heavy atom. The molecule has 1 heterocycles. The molecule has 0 saturated carbocycles. The van der Waals surface area contributed by atoms with E-state index in [0.717, 1.165) is 16.9 Å². The number of ether oxygens (including phenoxy) is 1. The zero-order valence-electron chi connectivity index (χ0n) is 11.0. The Bertz CT molecular complexity index is 523. The van der Waals surface area contributed by atoms with Gasteiger partial charge in [-0.25, -0.2) is 0 Å². The average molecular weight is 482 g/mol. The molecule has 0 bridgehead atoms. The van der Waals surface area contributed by atoms with Gasteiger partial charge < -0.3 is 4.74 Å². The van der Waals surface area contributed by atoms with E-state index in [-0.39, 0.29) is 9.84 Å². The zero-order valence-corrected chi connectivity index (χ0v) is 15.3. The molecular formula is C15H16I2O2. The van der Waals surface area contributed by atoms with Crippen molar-refractivity contribution in [3.63, 3.8) is 0 Å². The molecule has 0 aromatic heterocycles. The van der Waals surface area contributed by atoms with Crippen LogP contribution in [0.25, 0.3) is 0 Å². The number of hydrogen-bond acceptors (Lipinski definition) is 2. The summed E-state index contributed by atoms with van der Waals surface area (Å²) in [5, 5.41) is 0. The highest BCUT2D eigenvalue weighted by atomic mass is 127. The standard InChI is InChI=1S/C15H16I2O2/c1-3-12(18)14-10(7-16)8-19-13-5-4-9(2)6-11(13)15(14)17/h4-7,14-15H,3,8H2,1-2H3/b10-7-. The topological polar surface area (TPSA) is 26.3 Å². The van der Waals surface area contributed by atoms with Gasteiger partial charge in [0.2, 0.25) is 0 Å². The fraction of sp³-hybridized carbons (Fsp3) is 0.400. The Kier molecular flexibility index (Phi) is 5.28. The van der Waals surface area contributed by atoms with Gasteiger partial charge in [0.1, 0.15) is 18.1 Å². The number of ketones is 1. The van der Waals surface area contributed by atoms with Crippen LogP contribution in [0, 0.1) is 12.8 Å². The van der Waals surface area contributed by atoms with E-state index < -0.39 is 0 Å². The van der Waals surface area contributed by atoms with Gasteiger partial charge in [0, 0.05) is 12.0 Å². The Morgan fingerprint density at radius 2 is 2.26 bits per heavy atom. The maximum absolute atomic E-state index is 12.3. The molecule has 1 aromatic rings. The first-order valence-electron chi connectivity index (χ1n) is 6.27. The molecule has 0 N–H and O–H groups in total. The zero-order chi connectivity index (χ0) is 14.0. The predicted octanol–water partition coefficient (Wildman–Crippen LogP) is 4.78. The van der Waals surface area contributed by atoms with Crippen molar-refractivity contribution in [1.82, 2.24) is 0 Å². The average Bonchev–Trinajstić information content (AvgIpc) is 2.55. The highest BCUT2D eigenvalue weighted by molar-refractivity contribution is 14.1. The number of fused-ring (bicyclic) bond motifs is 1. The maximum Gasteiger partial charge on any atom is 0.141 e. The number of alkyl halides is 1. The molecule has 1 aromatic carbocycles. The Labute approximate surface area is 141 Å². The number of aryl methyl sites for hydroxylation is 1. The molecule has 2 rings (SSSR count). The molecule has 102 valence electrons. The predicted molar refractivity (Wildman–Crippen MR) is 94.3 cm³/mol. The quantitative estimate of drug-likeness (QED) is 0.449. The van der Waals surface area contributed by atoms with Crippen LogP contribution in [0.4, 0.5) is 0 Å². The molecule has 2 atom stereocenters. The second kappa shape index (κ2) is 6.56. The van der Waals surface area contributed by atoms with Crippen molar-refractivity contribution < 1.29 is 9.53 Å². The highest BCUT2D eigenvalue weighted by Gasteiger charge is 2.34. The van der Waals surface area contributed by atoms with Crippen molar-refractivity contribution in [1.29, 1.82) is 0 Å². The van der Waals surface area contributed by atoms with Crippen molar-refractivity contribution in [3.05, 3.63) is 39.0 Å². The highest BCUT2D eigenvalue weighted by Crippen LogP contribution is 2.44. The number of carbonyl (C=O) groups excluding carboxylic acids is 1. The molecule has 2 nitrogen and oxygen atoms in total. The van der Waals surface area contributed by atoms with E-state index in [1.807, 2.05) is 17.1 Å². The normalized spacial score (nSPS) is 24.5. The van der Waals surface area contributed by atoms with Gasteiger partial charge in [0.05, 0.1) is 9.84 Å². The van der Waals surface area contributed by atoms with Crippen LogP contribution in [0.15, 0.2) is 27.9 Å². The number of halogens is 2. The lowest BCUT2D eigenvalue weighted by molar-refractivity contribution is -0.121. The summed E-state index contributed by atoms with van der Waals surface area (Å²) in [7, 11) is 0. The number of benzene rings is 1. The van der Waals surface area contributed by atoms with Crippen LogP contribution in [0.2, 0.25) is 0 Å². The van der Waals surface area contributed by atoms with Crippen molar-refractivity contribution in [2.24, 2.45) is 5.92 Å². The van der Waals surface area contributed by atoms with E-state index in [4.69, 9.17) is 4.74 Å². The van der Waals surface area contributed by atoms with Crippen LogP contribution in [-0.2, 0) is 4.79 Å². The van der Waals surface area contributed by atoms with Crippen LogP contribution in [0.3, 0.4) is 0 Å². The van der Waals surface area contributed by atoms with E-state index in [1.54, 1.807) is 0 Å². The minimum atomic E-state index is -0.0643. The summed E-state index contributed by atoms with van der Waals surface area (Å²) in [5.41, 5.74) is 3.43. The summed E-state index contributed by atoms with van der Waals surface area (Å²) in [6, 6.07) is 6.20. The van der Waals surface area contributed by atoms with Crippen molar-refractivity contribution >= 4 is 51.0 Å². The van der Waals surface area contributed by atoms with E-state index in [0.29, 0.717) is 18.8 Å². The molecule has 0 fully saturated rings. The molecule has 0 radical (unpaired) electrons. The van der Waals surface area contributed by atoms with Gasteiger partial charge in [0.15, 0.2) is 0 Å². The Hall–Kier alpha value is -0.110. The number of carbonyl (C=O) groups is 1. The fourth-order valence-corrected chi connectivity index (χ4v) is 4.24. The van der Waals surface area contributed by atoms with Gasteiger partial charge in [-0.3, -0.25) is 4.79 Å². The molecule has 19 heavy (non-hydrogen) atoms. The summed E-state index contributed by atoms with van der Waals surface area (Å²) in [6.45, 7) is 4.51. The SMILES string of the molecule is CCC(=O)C1/C(=C\I)COc2ccc(C)cc2C1I. The summed E-state index contributed by atoms with van der Waals surface area (Å²) in [5.74, 6) is 1.14. The molecule has 1 aliphatic rings. The molecule has 0 aliphatic carbocycles. The Morgan fingerprint density at radius 3 is 2.89 bits per heavy atom. The minimum Gasteiger partial charge on any atom is -0.489 e. The van der Waals surface area contributed by atoms with Crippen LogP contribution < -0.4 is 4.74 Å². The number of hydrogen-bond donors (Lipinski definition) is 0. The summed E-state index contributed by atoms with van der Waals surface area (Å²) in [4.78, 5) is 12.3. The molecule has 4 heteroatoms. The van der Waals surface area contributed by atoms with E-state index in [1.165, 1.54) is 5.56 Å². The second-order valence-corrected chi connectivity index (χ2v) is 6.68. The maximum atomic E-state index is 12.3. The lowest BCUT2D eigenvalue weighted by Gasteiger charge is -2.20. The molecule has 0 saturated heterocycles. The van der Waals surface area contributed by atoms with E-state index in [2.05, 4.69) is 64.2 Å². The van der Waals surface area contributed by atoms with Gasteiger partial charge in [0.25, 0.3) is 0 Å². The molecule has 0 spiro atoms. The van der Waals surface area contributed by atoms with E-state index >= 15 is 0 Å². The number of rotatable bonds is 2. The Balaban J connectivity index is 2.50. The fourth-order valence-electron chi connectivity index (χ4n) is 2.32. The first-order valence-corrected chi connectivity index (χ1v) is 8.76.